The van der Waals surface area contributed by atoms with Gasteiger partial charge in [-0.15, -0.1) is 0 Å². The summed E-state index contributed by atoms with van der Waals surface area (Å²) < 4.78 is 5.30. The molecule has 2 atom stereocenters. The molecular weight excluding hydrogens is 240 g/mol. The molecule has 0 saturated heterocycles. The number of nitrogens with zero attached hydrogens (tertiary/aromatic N) is 4. The predicted molar refractivity (Wildman–Crippen MR) is 67.0 cm³/mol. The molecular formula is C14H14N4O. The van der Waals surface area contributed by atoms with Gasteiger partial charge in [-0.1, -0.05) is 25.1 Å². The van der Waals surface area contributed by atoms with E-state index in [4.69, 9.17) is 9.78 Å². The molecule has 0 aromatic carbocycles. The zero-order chi connectivity index (χ0) is 13.5. The zero-order valence-electron chi connectivity index (χ0n) is 10.9. The van der Waals surface area contributed by atoms with Crippen LogP contribution in [0.3, 0.4) is 0 Å². The van der Waals surface area contributed by atoms with Crippen LogP contribution < -0.4 is 0 Å². The van der Waals surface area contributed by atoms with E-state index in [0.717, 1.165) is 5.56 Å². The van der Waals surface area contributed by atoms with Crippen molar-refractivity contribution in [2.24, 2.45) is 11.3 Å². The Hall–Kier alpha value is -2.22. The summed E-state index contributed by atoms with van der Waals surface area (Å²) in [6, 6.07) is 6.15. The minimum atomic E-state index is -0.0626. The van der Waals surface area contributed by atoms with E-state index >= 15 is 0 Å². The molecule has 2 aromatic heterocycles. The molecule has 0 radical (unpaired) electrons. The maximum absolute atomic E-state index is 9.07. The largest absolute Gasteiger partial charge is 0.339 e. The predicted octanol–water partition coefficient (Wildman–Crippen LogP) is 2.32. The number of rotatable bonds is 3. The van der Waals surface area contributed by atoms with E-state index in [9.17, 15) is 0 Å². The van der Waals surface area contributed by atoms with Gasteiger partial charge < -0.3 is 4.52 Å². The normalized spacial score (nSPS) is 23.8. The Labute approximate surface area is 111 Å². The Morgan fingerprint density at radius 3 is 2.95 bits per heavy atom. The van der Waals surface area contributed by atoms with E-state index in [2.05, 4.69) is 35.0 Å². The smallest absolute Gasteiger partial charge is 0.231 e. The second-order valence-electron chi connectivity index (χ2n) is 5.49. The molecule has 0 aliphatic heterocycles. The molecule has 0 amide bonds. The van der Waals surface area contributed by atoms with Crippen molar-refractivity contribution in [3.05, 3.63) is 41.8 Å². The average molecular weight is 254 g/mol. The Bertz CT molecular complexity index is 626. The third kappa shape index (κ3) is 1.99. The summed E-state index contributed by atoms with van der Waals surface area (Å²) in [7, 11) is 0. The molecule has 1 aliphatic carbocycles. The van der Waals surface area contributed by atoms with Crippen LogP contribution in [-0.2, 0) is 6.42 Å². The first-order valence-corrected chi connectivity index (χ1v) is 6.24. The van der Waals surface area contributed by atoms with Gasteiger partial charge in [-0.25, -0.2) is 0 Å². The molecule has 0 bridgehead atoms. The highest BCUT2D eigenvalue weighted by molar-refractivity contribution is 5.26. The van der Waals surface area contributed by atoms with Crippen LogP contribution in [0.2, 0.25) is 0 Å². The molecule has 2 aromatic rings. The van der Waals surface area contributed by atoms with Gasteiger partial charge in [0.05, 0.1) is 17.9 Å². The first kappa shape index (κ1) is 11.8. The van der Waals surface area contributed by atoms with Gasteiger partial charge in [-0.3, -0.25) is 4.98 Å². The molecule has 5 heteroatoms. The van der Waals surface area contributed by atoms with Crippen molar-refractivity contribution in [2.75, 3.05) is 0 Å². The quantitative estimate of drug-likeness (QED) is 0.840. The van der Waals surface area contributed by atoms with Crippen molar-refractivity contribution in [3.8, 4) is 6.07 Å². The van der Waals surface area contributed by atoms with Gasteiger partial charge >= 0.3 is 0 Å². The lowest BCUT2D eigenvalue weighted by atomic mass is 10.1. The molecule has 19 heavy (non-hydrogen) atoms. The van der Waals surface area contributed by atoms with Crippen LogP contribution in [0.15, 0.2) is 29.0 Å². The first-order valence-electron chi connectivity index (χ1n) is 6.24. The zero-order valence-corrected chi connectivity index (χ0v) is 10.9. The van der Waals surface area contributed by atoms with E-state index in [-0.39, 0.29) is 17.3 Å². The summed E-state index contributed by atoms with van der Waals surface area (Å²) in [4.78, 5) is 8.46. The minimum absolute atomic E-state index is 0.0285. The summed E-state index contributed by atoms with van der Waals surface area (Å²) in [5, 5.41) is 13.1. The highest BCUT2D eigenvalue weighted by atomic mass is 16.5. The topological polar surface area (TPSA) is 75.6 Å². The van der Waals surface area contributed by atoms with Gasteiger partial charge in [0.25, 0.3) is 0 Å². The lowest BCUT2D eigenvalue weighted by Gasteiger charge is -1.95. The third-order valence-corrected chi connectivity index (χ3v) is 3.80. The maximum atomic E-state index is 9.07. The third-order valence-electron chi connectivity index (χ3n) is 3.80. The molecule has 96 valence electrons. The Kier molecular flexibility index (Phi) is 2.59. The van der Waals surface area contributed by atoms with Crippen molar-refractivity contribution < 1.29 is 4.52 Å². The highest BCUT2D eigenvalue weighted by Gasteiger charge is 2.62. The fraction of sp³-hybridized carbons (Fsp3) is 0.429. The van der Waals surface area contributed by atoms with Crippen molar-refractivity contribution in [1.29, 1.82) is 5.26 Å². The van der Waals surface area contributed by atoms with Gasteiger partial charge in [-0.05, 0) is 17.0 Å². The first-order chi connectivity index (χ1) is 9.13. The van der Waals surface area contributed by atoms with Crippen LogP contribution in [0.1, 0.15) is 37.0 Å². The summed E-state index contributed by atoms with van der Waals surface area (Å²) in [5.74, 6) is 1.25. The second-order valence-corrected chi connectivity index (χ2v) is 5.49. The van der Waals surface area contributed by atoms with Gasteiger partial charge in [0.15, 0.2) is 5.82 Å². The van der Waals surface area contributed by atoms with Crippen LogP contribution in [0.4, 0.5) is 0 Å². The standard InChI is InChI=1S/C14H14N4O/c1-14(2)10(7-15)12(14)13-17-11(18-19-13)6-9-4-3-5-16-8-9/h3-5,8,10,12H,6H2,1-2H3. The summed E-state index contributed by atoms with van der Waals surface area (Å²) in [5.41, 5.74) is 0.981. The van der Waals surface area contributed by atoms with Crippen LogP contribution >= 0.6 is 0 Å². The molecule has 2 unspecified atom stereocenters. The minimum Gasteiger partial charge on any atom is -0.339 e. The number of hydrogen-bond donors (Lipinski definition) is 0. The molecule has 1 saturated carbocycles. The van der Waals surface area contributed by atoms with Crippen molar-refractivity contribution in [2.45, 2.75) is 26.2 Å². The second kappa shape index (κ2) is 4.16. The molecule has 3 rings (SSSR count). The van der Waals surface area contributed by atoms with E-state index in [1.807, 2.05) is 12.1 Å². The van der Waals surface area contributed by atoms with Crippen LogP contribution in [0.5, 0.6) is 0 Å². The van der Waals surface area contributed by atoms with E-state index in [1.54, 1.807) is 12.4 Å². The summed E-state index contributed by atoms with van der Waals surface area (Å²) in [6.07, 6.45) is 4.12. The summed E-state index contributed by atoms with van der Waals surface area (Å²) in [6.45, 7) is 4.10. The van der Waals surface area contributed by atoms with Crippen LogP contribution in [-0.4, -0.2) is 15.1 Å². The van der Waals surface area contributed by atoms with E-state index in [1.165, 1.54) is 0 Å². The maximum Gasteiger partial charge on any atom is 0.231 e. The van der Waals surface area contributed by atoms with Crippen molar-refractivity contribution in [3.63, 3.8) is 0 Å². The van der Waals surface area contributed by atoms with Gasteiger partial charge in [0.2, 0.25) is 5.89 Å². The van der Waals surface area contributed by atoms with Crippen LogP contribution in [0, 0.1) is 22.7 Å². The highest BCUT2D eigenvalue weighted by Crippen LogP contribution is 2.63. The molecule has 1 fully saturated rings. The Morgan fingerprint density at radius 1 is 1.47 bits per heavy atom. The van der Waals surface area contributed by atoms with Gasteiger partial charge in [-0.2, -0.15) is 10.2 Å². The number of aromatic nitrogens is 3. The monoisotopic (exact) mass is 254 g/mol. The fourth-order valence-corrected chi connectivity index (χ4v) is 2.49. The Morgan fingerprint density at radius 2 is 2.32 bits per heavy atom. The molecule has 5 nitrogen and oxygen atoms in total. The van der Waals surface area contributed by atoms with Gasteiger partial charge in [0.1, 0.15) is 0 Å². The fourth-order valence-electron chi connectivity index (χ4n) is 2.49. The SMILES string of the molecule is CC1(C)C(C#N)C1c1nc(Cc2cccnc2)no1. The number of hydrogen-bond acceptors (Lipinski definition) is 5. The lowest BCUT2D eigenvalue weighted by molar-refractivity contribution is 0.363. The number of pyridine rings is 1. The molecule has 2 heterocycles. The molecule has 0 spiro atoms. The van der Waals surface area contributed by atoms with Crippen molar-refractivity contribution >= 4 is 0 Å². The summed E-state index contributed by atoms with van der Waals surface area (Å²) >= 11 is 0. The molecule has 0 N–H and O–H groups in total. The number of nitriles is 1. The van der Waals surface area contributed by atoms with Crippen molar-refractivity contribution in [1.82, 2.24) is 15.1 Å². The van der Waals surface area contributed by atoms with E-state index in [0.29, 0.717) is 18.1 Å². The Balaban J connectivity index is 1.77. The van der Waals surface area contributed by atoms with Crippen LogP contribution in [0.25, 0.3) is 0 Å². The van der Waals surface area contributed by atoms with E-state index < -0.39 is 0 Å². The lowest BCUT2D eigenvalue weighted by Crippen LogP contribution is -1.93. The van der Waals surface area contributed by atoms with Gasteiger partial charge in [0, 0.05) is 18.8 Å². The molecule has 1 aliphatic rings. The average Bonchev–Trinajstić information content (AvgIpc) is 2.72.